The maximum atomic E-state index is 11.8. The first-order valence-corrected chi connectivity index (χ1v) is 8.89. The van der Waals surface area contributed by atoms with Crippen LogP contribution in [0.3, 0.4) is 0 Å². The van der Waals surface area contributed by atoms with Crippen LogP contribution < -0.4 is 5.32 Å². The number of aryl methyl sites for hydroxylation is 1. The molecule has 1 N–H and O–H groups in total. The van der Waals surface area contributed by atoms with E-state index >= 15 is 0 Å². The van der Waals surface area contributed by atoms with Crippen molar-refractivity contribution in [1.29, 1.82) is 0 Å². The zero-order valence-electron chi connectivity index (χ0n) is 10.7. The molecule has 1 aliphatic carbocycles. The normalized spacial score (nSPS) is 28.5. The summed E-state index contributed by atoms with van der Waals surface area (Å²) in [5, 5.41) is 4.02. The van der Waals surface area contributed by atoms with Gasteiger partial charge < -0.3 is 5.32 Å². The third-order valence-electron chi connectivity index (χ3n) is 4.24. The second-order valence-electron chi connectivity index (χ2n) is 5.47. The van der Waals surface area contributed by atoms with E-state index in [1.54, 1.807) is 0 Å². The number of benzene rings is 1. The minimum absolute atomic E-state index is 0.191. The molecule has 2 atom stereocenters. The number of nitrogens with one attached hydrogen (secondary N) is 1. The van der Waals surface area contributed by atoms with E-state index in [-0.39, 0.29) is 11.3 Å². The van der Waals surface area contributed by atoms with Crippen LogP contribution >= 0.6 is 11.6 Å². The van der Waals surface area contributed by atoms with Gasteiger partial charge in [-0.05, 0) is 48.9 Å². The summed E-state index contributed by atoms with van der Waals surface area (Å²) < 4.78 is 23.6. The van der Waals surface area contributed by atoms with E-state index in [9.17, 15) is 8.42 Å². The fraction of sp³-hybridized carbons (Fsp3) is 0.571. The van der Waals surface area contributed by atoms with Crippen LogP contribution in [0.4, 0.5) is 0 Å². The Morgan fingerprint density at radius 3 is 2.89 bits per heavy atom. The summed E-state index contributed by atoms with van der Waals surface area (Å²) >= 11 is 5.99. The molecule has 104 valence electrons. The van der Waals surface area contributed by atoms with Crippen molar-refractivity contribution >= 4 is 21.4 Å². The summed E-state index contributed by atoms with van der Waals surface area (Å²) in [6, 6.07) is 6.27. The summed E-state index contributed by atoms with van der Waals surface area (Å²) in [5.41, 5.74) is 2.57. The number of hydrogen-bond acceptors (Lipinski definition) is 3. The average molecular weight is 300 g/mol. The van der Waals surface area contributed by atoms with E-state index in [0.717, 1.165) is 30.7 Å². The van der Waals surface area contributed by atoms with Crippen molar-refractivity contribution < 1.29 is 8.42 Å². The Balaban J connectivity index is 1.67. The Hall–Kier alpha value is -0.580. The molecule has 0 saturated carbocycles. The molecule has 0 bridgehead atoms. The molecule has 1 saturated heterocycles. The highest BCUT2D eigenvalue weighted by Crippen LogP contribution is 2.33. The predicted octanol–water partition coefficient (Wildman–Crippen LogP) is 2.49. The number of halogens is 1. The highest BCUT2D eigenvalue weighted by atomic mass is 35.5. The van der Waals surface area contributed by atoms with Gasteiger partial charge in [0.15, 0.2) is 9.84 Å². The first-order chi connectivity index (χ1) is 9.06. The van der Waals surface area contributed by atoms with E-state index in [4.69, 9.17) is 11.6 Å². The Bertz CT molecular complexity index is 585. The van der Waals surface area contributed by atoms with Crippen molar-refractivity contribution in [3.63, 3.8) is 0 Å². The standard InChI is InChI=1S/C14H18ClNO2S/c15-11-4-5-13-10(8-11)3-6-14(13)16-9-12-2-1-7-19(12,17)18/h4-5,8,12,14,16H,1-3,6-7,9H2. The first kappa shape index (κ1) is 13.4. The fourth-order valence-corrected chi connectivity index (χ4v) is 5.13. The molecule has 1 heterocycles. The van der Waals surface area contributed by atoms with Gasteiger partial charge in [0.25, 0.3) is 0 Å². The van der Waals surface area contributed by atoms with Crippen LogP contribution in [-0.4, -0.2) is 26.0 Å². The Labute approximate surface area is 119 Å². The second-order valence-corrected chi connectivity index (χ2v) is 8.31. The molecule has 2 unspecified atom stereocenters. The van der Waals surface area contributed by atoms with Crippen LogP contribution in [0.5, 0.6) is 0 Å². The van der Waals surface area contributed by atoms with E-state index in [2.05, 4.69) is 11.4 Å². The van der Waals surface area contributed by atoms with Gasteiger partial charge in [0.1, 0.15) is 0 Å². The number of hydrogen-bond donors (Lipinski definition) is 1. The summed E-state index contributed by atoms with van der Waals surface area (Å²) in [6.07, 6.45) is 3.66. The Kier molecular flexibility index (Phi) is 3.58. The van der Waals surface area contributed by atoms with Crippen LogP contribution in [0.25, 0.3) is 0 Å². The van der Waals surface area contributed by atoms with Crippen molar-refractivity contribution in [2.75, 3.05) is 12.3 Å². The summed E-state index contributed by atoms with van der Waals surface area (Å²) in [7, 11) is -2.85. The molecular weight excluding hydrogens is 282 g/mol. The van der Waals surface area contributed by atoms with Crippen molar-refractivity contribution in [2.45, 2.75) is 37.0 Å². The second kappa shape index (κ2) is 5.08. The maximum absolute atomic E-state index is 11.8. The molecule has 1 aromatic rings. The van der Waals surface area contributed by atoms with Crippen LogP contribution in [0, 0.1) is 0 Å². The Morgan fingerprint density at radius 2 is 2.16 bits per heavy atom. The van der Waals surface area contributed by atoms with Gasteiger partial charge in [-0.1, -0.05) is 17.7 Å². The average Bonchev–Trinajstić information content (AvgIpc) is 2.89. The number of fused-ring (bicyclic) bond motifs is 1. The fourth-order valence-electron chi connectivity index (χ4n) is 3.16. The van der Waals surface area contributed by atoms with Crippen molar-refractivity contribution in [2.24, 2.45) is 0 Å². The number of rotatable bonds is 3. The zero-order valence-corrected chi connectivity index (χ0v) is 12.3. The lowest BCUT2D eigenvalue weighted by Gasteiger charge is -2.17. The third-order valence-corrected chi connectivity index (χ3v) is 6.75. The zero-order chi connectivity index (χ0) is 13.5. The predicted molar refractivity (Wildman–Crippen MR) is 77.3 cm³/mol. The lowest BCUT2D eigenvalue weighted by molar-refractivity contribution is 0.510. The molecule has 19 heavy (non-hydrogen) atoms. The first-order valence-electron chi connectivity index (χ1n) is 6.79. The quantitative estimate of drug-likeness (QED) is 0.933. The third kappa shape index (κ3) is 2.67. The minimum Gasteiger partial charge on any atom is -0.309 e. The van der Waals surface area contributed by atoms with Gasteiger partial charge in [-0.2, -0.15) is 0 Å². The van der Waals surface area contributed by atoms with E-state index < -0.39 is 9.84 Å². The molecular formula is C14H18ClNO2S. The molecule has 3 rings (SSSR count). The lowest BCUT2D eigenvalue weighted by Crippen LogP contribution is -2.32. The van der Waals surface area contributed by atoms with E-state index in [1.165, 1.54) is 11.1 Å². The van der Waals surface area contributed by atoms with Gasteiger partial charge in [-0.15, -0.1) is 0 Å². The van der Waals surface area contributed by atoms with E-state index in [0.29, 0.717) is 12.3 Å². The largest absolute Gasteiger partial charge is 0.309 e. The van der Waals surface area contributed by atoms with Crippen molar-refractivity contribution in [3.8, 4) is 0 Å². The van der Waals surface area contributed by atoms with Crippen LogP contribution in [-0.2, 0) is 16.3 Å². The highest BCUT2D eigenvalue weighted by molar-refractivity contribution is 7.92. The molecule has 0 spiro atoms. The summed E-state index contributed by atoms with van der Waals surface area (Å²) in [6.45, 7) is 0.578. The Morgan fingerprint density at radius 1 is 1.32 bits per heavy atom. The van der Waals surface area contributed by atoms with Crippen LogP contribution in [0.15, 0.2) is 18.2 Å². The monoisotopic (exact) mass is 299 g/mol. The molecule has 0 amide bonds. The molecule has 5 heteroatoms. The topological polar surface area (TPSA) is 46.2 Å². The maximum Gasteiger partial charge on any atom is 0.154 e. The molecule has 1 fully saturated rings. The minimum atomic E-state index is -2.85. The van der Waals surface area contributed by atoms with Crippen LogP contribution in [0.2, 0.25) is 5.02 Å². The summed E-state index contributed by atoms with van der Waals surface area (Å²) in [4.78, 5) is 0. The van der Waals surface area contributed by atoms with Crippen LogP contribution in [0.1, 0.15) is 36.4 Å². The van der Waals surface area contributed by atoms with Crippen molar-refractivity contribution in [3.05, 3.63) is 34.3 Å². The molecule has 3 nitrogen and oxygen atoms in total. The van der Waals surface area contributed by atoms with Gasteiger partial charge in [0.2, 0.25) is 0 Å². The number of sulfone groups is 1. The van der Waals surface area contributed by atoms with Gasteiger partial charge in [0, 0.05) is 17.6 Å². The van der Waals surface area contributed by atoms with Gasteiger partial charge in [-0.25, -0.2) is 8.42 Å². The molecule has 1 aliphatic heterocycles. The SMILES string of the molecule is O=S1(=O)CCCC1CNC1CCc2cc(Cl)ccc21. The van der Waals surface area contributed by atoms with Crippen molar-refractivity contribution in [1.82, 2.24) is 5.32 Å². The van der Waals surface area contributed by atoms with Gasteiger partial charge in [0.05, 0.1) is 11.0 Å². The van der Waals surface area contributed by atoms with Gasteiger partial charge in [-0.3, -0.25) is 0 Å². The molecule has 2 aliphatic rings. The molecule has 1 aromatic carbocycles. The van der Waals surface area contributed by atoms with E-state index in [1.807, 2.05) is 12.1 Å². The lowest BCUT2D eigenvalue weighted by atomic mass is 10.1. The molecule has 0 aromatic heterocycles. The smallest absolute Gasteiger partial charge is 0.154 e. The van der Waals surface area contributed by atoms with Gasteiger partial charge >= 0.3 is 0 Å². The highest BCUT2D eigenvalue weighted by Gasteiger charge is 2.32. The molecule has 0 radical (unpaired) electrons. The summed E-state index contributed by atoms with van der Waals surface area (Å²) in [5.74, 6) is 0.357.